The Balaban J connectivity index is 2.44. The zero-order chi connectivity index (χ0) is 13.2. The lowest BCUT2D eigenvalue weighted by atomic mass is 10.0. The minimum Gasteiger partial charge on any atom is -0.483 e. The predicted molar refractivity (Wildman–Crippen MR) is 60.2 cm³/mol. The lowest BCUT2D eigenvalue weighted by Gasteiger charge is -2.11. The number of ether oxygens (including phenoxy) is 1. The first-order valence-electron chi connectivity index (χ1n) is 5.12. The van der Waals surface area contributed by atoms with Crippen LogP contribution >= 0.6 is 0 Å². The molecule has 0 saturated carbocycles. The zero-order valence-corrected chi connectivity index (χ0v) is 9.16. The quantitative estimate of drug-likeness (QED) is 0.816. The van der Waals surface area contributed by atoms with Crippen LogP contribution in [0.5, 0.6) is 5.75 Å². The number of halogens is 3. The van der Waals surface area contributed by atoms with Gasteiger partial charge >= 0.3 is 6.18 Å². The third kappa shape index (κ3) is 2.54. The van der Waals surface area contributed by atoms with E-state index in [1.807, 2.05) is 6.07 Å². The molecule has 0 amide bonds. The molecule has 0 heterocycles. The molecule has 5 heteroatoms. The van der Waals surface area contributed by atoms with Crippen molar-refractivity contribution in [1.82, 2.24) is 0 Å². The van der Waals surface area contributed by atoms with Crippen LogP contribution in [0, 0.1) is 11.3 Å². The van der Waals surface area contributed by atoms with Crippen LogP contribution in [0.15, 0.2) is 36.4 Å². The average molecular weight is 251 g/mol. The molecule has 0 aromatic heterocycles. The molecule has 0 aliphatic carbocycles. The molecule has 92 valence electrons. The Morgan fingerprint density at radius 3 is 2.33 bits per heavy atom. The number of rotatable bonds is 2. The summed E-state index contributed by atoms with van der Waals surface area (Å²) in [5, 5.41) is 10.00. The van der Waals surface area contributed by atoms with Gasteiger partial charge in [0, 0.05) is 10.8 Å². The number of alkyl halides is 3. The molecule has 0 fully saturated rings. The van der Waals surface area contributed by atoms with Gasteiger partial charge in [-0.05, 0) is 12.1 Å². The summed E-state index contributed by atoms with van der Waals surface area (Å²) in [6, 6.07) is 11.5. The van der Waals surface area contributed by atoms with Gasteiger partial charge in [-0.25, -0.2) is 0 Å². The van der Waals surface area contributed by atoms with Gasteiger partial charge < -0.3 is 4.74 Å². The summed E-state index contributed by atoms with van der Waals surface area (Å²) in [7, 11) is 0. The molecule has 0 radical (unpaired) electrons. The van der Waals surface area contributed by atoms with Crippen molar-refractivity contribution in [3.63, 3.8) is 0 Å². The Hall–Kier alpha value is -2.22. The van der Waals surface area contributed by atoms with Crippen molar-refractivity contribution in [1.29, 1.82) is 5.26 Å². The Morgan fingerprint density at radius 2 is 1.72 bits per heavy atom. The van der Waals surface area contributed by atoms with Crippen molar-refractivity contribution in [2.75, 3.05) is 6.61 Å². The molecule has 0 N–H and O–H groups in total. The SMILES string of the molecule is N#Cc1ccc(OCC(F)(F)F)c2ccccc12. The maximum absolute atomic E-state index is 12.1. The summed E-state index contributed by atoms with van der Waals surface area (Å²) in [5.41, 5.74) is 0.407. The molecule has 0 bridgehead atoms. The van der Waals surface area contributed by atoms with E-state index in [0.29, 0.717) is 16.3 Å². The van der Waals surface area contributed by atoms with Crippen LogP contribution in [0.3, 0.4) is 0 Å². The zero-order valence-electron chi connectivity index (χ0n) is 9.16. The maximum atomic E-state index is 12.1. The van der Waals surface area contributed by atoms with Crippen molar-refractivity contribution in [2.45, 2.75) is 6.18 Å². The number of benzene rings is 2. The highest BCUT2D eigenvalue weighted by Gasteiger charge is 2.28. The van der Waals surface area contributed by atoms with E-state index in [1.54, 1.807) is 24.3 Å². The molecule has 0 aliphatic heterocycles. The van der Waals surface area contributed by atoms with Crippen molar-refractivity contribution in [3.8, 4) is 11.8 Å². The van der Waals surface area contributed by atoms with Gasteiger partial charge in [0.05, 0.1) is 11.6 Å². The van der Waals surface area contributed by atoms with Gasteiger partial charge in [-0.1, -0.05) is 24.3 Å². The maximum Gasteiger partial charge on any atom is 0.422 e. The van der Waals surface area contributed by atoms with Gasteiger partial charge in [0.1, 0.15) is 5.75 Å². The lowest BCUT2D eigenvalue weighted by Crippen LogP contribution is -2.19. The smallest absolute Gasteiger partial charge is 0.422 e. The second kappa shape index (κ2) is 4.57. The van der Waals surface area contributed by atoms with Crippen LogP contribution in [-0.4, -0.2) is 12.8 Å². The second-order valence-corrected chi connectivity index (χ2v) is 3.67. The Bertz CT molecular complexity index is 614. The summed E-state index contributed by atoms with van der Waals surface area (Å²) in [5.74, 6) is 0.127. The number of nitriles is 1. The highest BCUT2D eigenvalue weighted by atomic mass is 19.4. The molecule has 18 heavy (non-hydrogen) atoms. The Labute approximate surface area is 101 Å². The second-order valence-electron chi connectivity index (χ2n) is 3.67. The van der Waals surface area contributed by atoms with E-state index < -0.39 is 12.8 Å². The van der Waals surface area contributed by atoms with Crippen molar-refractivity contribution >= 4 is 10.8 Å². The molecule has 0 atom stereocenters. The van der Waals surface area contributed by atoms with Crippen LogP contribution in [0.1, 0.15) is 5.56 Å². The molecule has 0 unspecified atom stereocenters. The predicted octanol–water partition coefficient (Wildman–Crippen LogP) is 3.65. The number of fused-ring (bicyclic) bond motifs is 1. The summed E-state index contributed by atoms with van der Waals surface area (Å²) in [6.45, 7) is -1.34. The fourth-order valence-corrected chi connectivity index (χ4v) is 1.65. The van der Waals surface area contributed by atoms with E-state index >= 15 is 0 Å². The van der Waals surface area contributed by atoms with Gasteiger partial charge in [-0.2, -0.15) is 18.4 Å². The first-order chi connectivity index (χ1) is 8.51. The van der Waals surface area contributed by atoms with Crippen molar-refractivity contribution in [3.05, 3.63) is 42.0 Å². The summed E-state index contributed by atoms with van der Waals surface area (Å²) < 4.78 is 41.1. The third-order valence-electron chi connectivity index (χ3n) is 2.40. The molecule has 2 nitrogen and oxygen atoms in total. The van der Waals surface area contributed by atoms with Crippen LogP contribution < -0.4 is 4.74 Å². The largest absolute Gasteiger partial charge is 0.483 e. The normalized spacial score (nSPS) is 11.2. The van der Waals surface area contributed by atoms with Crippen LogP contribution in [0.4, 0.5) is 13.2 Å². The molecule has 2 rings (SSSR count). The number of hydrogen-bond donors (Lipinski definition) is 0. The first-order valence-corrected chi connectivity index (χ1v) is 5.12. The molecule has 0 saturated heterocycles. The van der Waals surface area contributed by atoms with Crippen molar-refractivity contribution < 1.29 is 17.9 Å². The van der Waals surface area contributed by atoms with E-state index in [9.17, 15) is 13.2 Å². The minimum atomic E-state index is -4.38. The molecule has 2 aromatic carbocycles. The summed E-state index contributed by atoms with van der Waals surface area (Å²) >= 11 is 0. The van der Waals surface area contributed by atoms with Crippen LogP contribution in [0.2, 0.25) is 0 Å². The highest BCUT2D eigenvalue weighted by molar-refractivity contribution is 5.92. The van der Waals surface area contributed by atoms with Gasteiger partial charge in [0.2, 0.25) is 0 Å². The fourth-order valence-electron chi connectivity index (χ4n) is 1.65. The monoisotopic (exact) mass is 251 g/mol. The molecule has 0 spiro atoms. The van der Waals surface area contributed by atoms with E-state index in [4.69, 9.17) is 10.00 Å². The van der Waals surface area contributed by atoms with E-state index in [-0.39, 0.29) is 5.75 Å². The summed E-state index contributed by atoms with van der Waals surface area (Å²) in [4.78, 5) is 0. The van der Waals surface area contributed by atoms with E-state index in [2.05, 4.69) is 0 Å². The minimum absolute atomic E-state index is 0.127. The summed E-state index contributed by atoms with van der Waals surface area (Å²) in [6.07, 6.45) is -4.38. The van der Waals surface area contributed by atoms with Crippen LogP contribution in [0.25, 0.3) is 10.8 Å². The van der Waals surface area contributed by atoms with Gasteiger partial charge in [0.15, 0.2) is 6.61 Å². The van der Waals surface area contributed by atoms with Crippen LogP contribution in [-0.2, 0) is 0 Å². The van der Waals surface area contributed by atoms with Gasteiger partial charge in [-0.3, -0.25) is 0 Å². The molecule has 0 aliphatic rings. The van der Waals surface area contributed by atoms with E-state index in [0.717, 1.165) is 0 Å². The van der Waals surface area contributed by atoms with Crippen molar-refractivity contribution in [2.24, 2.45) is 0 Å². The fraction of sp³-hybridized carbons (Fsp3) is 0.154. The number of hydrogen-bond acceptors (Lipinski definition) is 2. The Kier molecular flexibility index (Phi) is 3.11. The molecule has 2 aromatic rings. The average Bonchev–Trinajstić information content (AvgIpc) is 2.35. The molecular weight excluding hydrogens is 243 g/mol. The Morgan fingerprint density at radius 1 is 1.06 bits per heavy atom. The molecular formula is C13H8F3NO. The highest BCUT2D eigenvalue weighted by Crippen LogP contribution is 2.29. The first kappa shape index (κ1) is 12.2. The topological polar surface area (TPSA) is 33.0 Å². The number of nitrogens with zero attached hydrogens (tertiary/aromatic N) is 1. The van der Waals surface area contributed by atoms with E-state index in [1.165, 1.54) is 12.1 Å². The lowest BCUT2D eigenvalue weighted by molar-refractivity contribution is -0.153. The van der Waals surface area contributed by atoms with Gasteiger partial charge in [0.25, 0.3) is 0 Å². The van der Waals surface area contributed by atoms with Gasteiger partial charge in [-0.15, -0.1) is 0 Å². The standard InChI is InChI=1S/C13H8F3NO/c14-13(15,16)8-18-12-6-5-9(7-17)10-3-1-2-4-11(10)12/h1-6H,8H2. The third-order valence-corrected chi connectivity index (χ3v) is 2.40.